The molecule has 0 atom stereocenters. The number of pyridine rings is 1. The molecule has 0 radical (unpaired) electrons. The minimum Gasteiger partial charge on any atom is -0.497 e. The van der Waals surface area contributed by atoms with Crippen molar-refractivity contribution in [1.82, 2.24) is 20.3 Å². The van der Waals surface area contributed by atoms with Gasteiger partial charge in [-0.2, -0.15) is 0 Å². The number of aromatic nitrogens is 3. The van der Waals surface area contributed by atoms with Crippen molar-refractivity contribution in [2.45, 2.75) is 6.54 Å². The second-order valence-electron chi connectivity index (χ2n) is 5.18. The van der Waals surface area contributed by atoms with E-state index in [4.69, 9.17) is 4.74 Å². The lowest BCUT2D eigenvalue weighted by molar-refractivity contribution is 0.0945. The van der Waals surface area contributed by atoms with Crippen molar-refractivity contribution < 1.29 is 9.53 Å². The van der Waals surface area contributed by atoms with Crippen LogP contribution in [0.25, 0.3) is 0 Å². The normalized spacial score (nSPS) is 10.1. The summed E-state index contributed by atoms with van der Waals surface area (Å²) in [6, 6.07) is 11.1. The van der Waals surface area contributed by atoms with E-state index in [0.717, 1.165) is 17.0 Å². The smallest absolute Gasteiger partial charge is 0.271 e. The van der Waals surface area contributed by atoms with Gasteiger partial charge in [-0.1, -0.05) is 6.07 Å². The van der Waals surface area contributed by atoms with E-state index in [0.29, 0.717) is 12.4 Å². The molecule has 0 unspecified atom stereocenters. The number of carbonyl (C=O) groups excluding carboxylic acids is 1. The molecule has 3 rings (SSSR count). The Balaban J connectivity index is 1.60. The average molecular weight is 335 g/mol. The van der Waals surface area contributed by atoms with Crippen LogP contribution in [0.5, 0.6) is 5.75 Å². The van der Waals surface area contributed by atoms with E-state index in [9.17, 15) is 4.79 Å². The molecule has 126 valence electrons. The van der Waals surface area contributed by atoms with Crippen molar-refractivity contribution in [2.24, 2.45) is 0 Å². The van der Waals surface area contributed by atoms with Crippen LogP contribution in [-0.2, 0) is 6.54 Å². The topological polar surface area (TPSA) is 89.0 Å². The van der Waals surface area contributed by atoms with Crippen molar-refractivity contribution >= 4 is 17.4 Å². The van der Waals surface area contributed by atoms with Crippen LogP contribution < -0.4 is 15.4 Å². The third-order valence-electron chi connectivity index (χ3n) is 3.43. The van der Waals surface area contributed by atoms with Gasteiger partial charge in [-0.25, -0.2) is 9.97 Å². The van der Waals surface area contributed by atoms with Gasteiger partial charge in [0.25, 0.3) is 5.91 Å². The summed E-state index contributed by atoms with van der Waals surface area (Å²) in [7, 11) is 1.61. The maximum Gasteiger partial charge on any atom is 0.271 e. The first-order chi connectivity index (χ1) is 12.2. The van der Waals surface area contributed by atoms with Crippen LogP contribution in [-0.4, -0.2) is 28.0 Å². The quantitative estimate of drug-likeness (QED) is 0.720. The molecule has 7 heteroatoms. The highest BCUT2D eigenvalue weighted by molar-refractivity contribution is 5.92. The Morgan fingerprint density at radius 3 is 2.68 bits per heavy atom. The predicted octanol–water partition coefficient (Wildman–Crippen LogP) is 2.55. The number of nitrogens with zero attached hydrogens (tertiary/aromatic N) is 3. The molecule has 2 heterocycles. The summed E-state index contributed by atoms with van der Waals surface area (Å²) < 4.78 is 5.17. The molecule has 7 nitrogen and oxygen atoms in total. The summed E-state index contributed by atoms with van der Waals surface area (Å²) in [6.45, 7) is 0.410. The van der Waals surface area contributed by atoms with Gasteiger partial charge in [0.05, 0.1) is 19.5 Å². The van der Waals surface area contributed by atoms with Crippen molar-refractivity contribution in [2.75, 3.05) is 12.4 Å². The zero-order chi connectivity index (χ0) is 17.5. The first-order valence-electron chi connectivity index (χ1n) is 7.65. The zero-order valence-electron chi connectivity index (χ0n) is 13.6. The van der Waals surface area contributed by atoms with Crippen LogP contribution in [0, 0.1) is 0 Å². The minimum atomic E-state index is -0.280. The standard InChI is InChI=1S/C18H17N5O2/c1-25-15-4-2-3-14(9-15)23-17-12-20-16(11-21-17)18(24)22-10-13-5-7-19-8-6-13/h2-9,11-12H,10H2,1H3,(H,21,23)(H,22,24). The highest BCUT2D eigenvalue weighted by atomic mass is 16.5. The fourth-order valence-corrected chi connectivity index (χ4v) is 2.13. The third kappa shape index (κ3) is 4.51. The molecule has 0 aliphatic carbocycles. The van der Waals surface area contributed by atoms with Crippen molar-refractivity contribution in [3.8, 4) is 5.75 Å². The number of methoxy groups -OCH3 is 1. The summed E-state index contributed by atoms with van der Waals surface area (Å²) in [6.07, 6.45) is 6.31. The van der Waals surface area contributed by atoms with E-state index in [1.54, 1.807) is 19.5 Å². The lowest BCUT2D eigenvalue weighted by Gasteiger charge is -2.08. The van der Waals surface area contributed by atoms with Crippen LogP contribution in [0.4, 0.5) is 11.5 Å². The Kier molecular flexibility index (Phi) is 5.16. The van der Waals surface area contributed by atoms with Crippen molar-refractivity contribution in [3.05, 3.63) is 72.4 Å². The Morgan fingerprint density at radius 2 is 1.96 bits per heavy atom. The molecule has 3 aromatic rings. The molecule has 2 N–H and O–H groups in total. The molecule has 1 aromatic carbocycles. The number of ether oxygens (including phenoxy) is 1. The zero-order valence-corrected chi connectivity index (χ0v) is 13.6. The number of nitrogens with one attached hydrogen (secondary N) is 2. The summed E-state index contributed by atoms with van der Waals surface area (Å²) in [5.74, 6) is 1.00. The SMILES string of the molecule is COc1cccc(Nc2cnc(C(=O)NCc3ccncc3)cn2)c1. The molecule has 2 aromatic heterocycles. The average Bonchev–Trinajstić information content (AvgIpc) is 2.67. The Hall–Kier alpha value is -3.48. The summed E-state index contributed by atoms with van der Waals surface area (Å²) >= 11 is 0. The number of carbonyl (C=O) groups is 1. The molecule has 0 spiro atoms. The van der Waals surface area contributed by atoms with Gasteiger partial charge in [-0.3, -0.25) is 9.78 Å². The number of hydrogen-bond donors (Lipinski definition) is 2. The Labute approximate surface area is 145 Å². The molecule has 25 heavy (non-hydrogen) atoms. The van der Waals surface area contributed by atoms with Gasteiger partial charge in [0.15, 0.2) is 0 Å². The molecule has 1 amide bonds. The van der Waals surface area contributed by atoms with Crippen molar-refractivity contribution in [3.63, 3.8) is 0 Å². The Morgan fingerprint density at radius 1 is 1.12 bits per heavy atom. The molecular weight excluding hydrogens is 318 g/mol. The fourth-order valence-electron chi connectivity index (χ4n) is 2.13. The van der Waals surface area contributed by atoms with Crippen LogP contribution in [0.1, 0.15) is 16.1 Å². The van der Waals surface area contributed by atoms with Gasteiger partial charge in [0.1, 0.15) is 17.3 Å². The lowest BCUT2D eigenvalue weighted by Crippen LogP contribution is -2.24. The van der Waals surface area contributed by atoms with E-state index < -0.39 is 0 Å². The van der Waals surface area contributed by atoms with Gasteiger partial charge in [0.2, 0.25) is 0 Å². The minimum absolute atomic E-state index is 0.255. The number of amides is 1. The van der Waals surface area contributed by atoms with Crippen LogP contribution >= 0.6 is 0 Å². The number of hydrogen-bond acceptors (Lipinski definition) is 6. The first-order valence-corrected chi connectivity index (χ1v) is 7.65. The number of benzene rings is 1. The van der Waals surface area contributed by atoms with Crippen LogP contribution in [0.2, 0.25) is 0 Å². The monoisotopic (exact) mass is 335 g/mol. The maximum atomic E-state index is 12.1. The van der Waals surface area contributed by atoms with E-state index in [-0.39, 0.29) is 11.6 Å². The Bertz CT molecular complexity index is 838. The highest BCUT2D eigenvalue weighted by Gasteiger charge is 2.08. The summed E-state index contributed by atoms with van der Waals surface area (Å²) in [4.78, 5) is 24.4. The van der Waals surface area contributed by atoms with E-state index in [2.05, 4.69) is 25.6 Å². The molecule has 0 aliphatic heterocycles. The third-order valence-corrected chi connectivity index (χ3v) is 3.43. The molecule has 0 saturated heterocycles. The van der Waals surface area contributed by atoms with E-state index in [1.807, 2.05) is 36.4 Å². The molecule has 0 aliphatic rings. The maximum absolute atomic E-state index is 12.1. The fraction of sp³-hybridized carbons (Fsp3) is 0.111. The second kappa shape index (κ2) is 7.87. The van der Waals surface area contributed by atoms with Crippen LogP contribution in [0.3, 0.4) is 0 Å². The van der Waals surface area contributed by atoms with Gasteiger partial charge in [-0.05, 0) is 29.8 Å². The molecule has 0 fully saturated rings. The largest absolute Gasteiger partial charge is 0.497 e. The van der Waals surface area contributed by atoms with Crippen LogP contribution in [0.15, 0.2) is 61.2 Å². The van der Waals surface area contributed by atoms with Crippen molar-refractivity contribution in [1.29, 1.82) is 0 Å². The van der Waals surface area contributed by atoms with Gasteiger partial charge >= 0.3 is 0 Å². The van der Waals surface area contributed by atoms with E-state index >= 15 is 0 Å². The predicted molar refractivity (Wildman–Crippen MR) is 93.7 cm³/mol. The lowest BCUT2D eigenvalue weighted by atomic mass is 10.2. The number of anilines is 2. The highest BCUT2D eigenvalue weighted by Crippen LogP contribution is 2.19. The summed E-state index contributed by atoms with van der Waals surface area (Å²) in [5.41, 5.74) is 2.04. The first kappa shape index (κ1) is 16.4. The summed E-state index contributed by atoms with van der Waals surface area (Å²) in [5, 5.41) is 5.90. The van der Waals surface area contributed by atoms with Gasteiger partial charge in [0, 0.05) is 30.7 Å². The molecule has 0 saturated carbocycles. The van der Waals surface area contributed by atoms with E-state index in [1.165, 1.54) is 12.4 Å². The number of rotatable bonds is 6. The van der Waals surface area contributed by atoms with Gasteiger partial charge in [-0.15, -0.1) is 0 Å². The van der Waals surface area contributed by atoms with Gasteiger partial charge < -0.3 is 15.4 Å². The second-order valence-corrected chi connectivity index (χ2v) is 5.18. The molecular formula is C18H17N5O2. The molecule has 0 bridgehead atoms.